The van der Waals surface area contributed by atoms with Crippen LogP contribution in [0.4, 0.5) is 4.79 Å². The van der Waals surface area contributed by atoms with Gasteiger partial charge < -0.3 is 19.7 Å². The minimum Gasteiger partial charge on any atom is -0.442 e. The fraction of sp³-hybridized carbons (Fsp3) is 0.947. The normalized spacial score (nSPS) is 38.6. The zero-order valence-electron chi connectivity index (χ0n) is 15.1. The predicted molar refractivity (Wildman–Crippen MR) is 93.5 cm³/mol. The summed E-state index contributed by atoms with van der Waals surface area (Å²) in [6.07, 6.45) is 10.3. The number of fused-ring (bicyclic) bond motifs is 1. The van der Waals surface area contributed by atoms with Gasteiger partial charge in [0, 0.05) is 38.8 Å². The molecule has 1 unspecified atom stereocenters. The van der Waals surface area contributed by atoms with Crippen molar-refractivity contribution in [3.8, 4) is 0 Å². The zero-order chi connectivity index (χ0) is 16.9. The van der Waals surface area contributed by atoms with E-state index in [1.54, 1.807) is 0 Å². The summed E-state index contributed by atoms with van der Waals surface area (Å²) in [5.74, 6) is 0. The highest BCUT2D eigenvalue weighted by Gasteiger charge is 2.48. The maximum Gasteiger partial charge on any atom is 0.410 e. The minimum atomic E-state index is -0.0859. The van der Waals surface area contributed by atoms with E-state index in [0.717, 1.165) is 45.6 Å². The van der Waals surface area contributed by atoms with E-state index in [0.29, 0.717) is 12.1 Å². The van der Waals surface area contributed by atoms with E-state index in [-0.39, 0.29) is 23.8 Å². The molecule has 0 aromatic rings. The zero-order valence-corrected chi connectivity index (χ0v) is 15.1. The lowest BCUT2D eigenvalue weighted by molar-refractivity contribution is -0.0504. The lowest BCUT2D eigenvalue weighted by Crippen LogP contribution is -2.50. The van der Waals surface area contributed by atoms with E-state index in [9.17, 15) is 4.79 Å². The monoisotopic (exact) mass is 349 g/mol. The molecule has 3 atom stereocenters. The van der Waals surface area contributed by atoms with Gasteiger partial charge in [-0.25, -0.2) is 4.79 Å². The van der Waals surface area contributed by atoms with Gasteiger partial charge in [0.1, 0.15) is 6.10 Å². The summed E-state index contributed by atoms with van der Waals surface area (Å²) in [7, 11) is 0. The second kappa shape index (κ2) is 6.39. The Kier molecular flexibility index (Phi) is 4.18. The highest BCUT2D eigenvalue weighted by molar-refractivity contribution is 5.71. The van der Waals surface area contributed by atoms with Crippen molar-refractivity contribution < 1.29 is 14.3 Å². The van der Waals surface area contributed by atoms with Gasteiger partial charge in [-0.05, 0) is 38.5 Å². The summed E-state index contributed by atoms with van der Waals surface area (Å²) in [4.78, 5) is 16.8. The maximum absolute atomic E-state index is 12.2. The van der Waals surface area contributed by atoms with Crippen molar-refractivity contribution >= 4 is 6.09 Å². The summed E-state index contributed by atoms with van der Waals surface area (Å²) in [6, 6.07) is 0.605. The molecule has 25 heavy (non-hydrogen) atoms. The van der Waals surface area contributed by atoms with Crippen molar-refractivity contribution in [3.05, 3.63) is 0 Å². The fourth-order valence-electron chi connectivity index (χ4n) is 5.86. The SMILES string of the molecule is O=C1O[C@@H]2CNC[C@@H]2N1C1CCN(CC2CCC3(CCCC3)O2)CC1. The third-order valence-corrected chi connectivity index (χ3v) is 7.21. The van der Waals surface area contributed by atoms with Crippen LogP contribution < -0.4 is 5.32 Å². The Labute approximate surface area is 150 Å². The molecule has 1 saturated carbocycles. The Morgan fingerprint density at radius 1 is 1.08 bits per heavy atom. The quantitative estimate of drug-likeness (QED) is 0.841. The Bertz CT molecular complexity index is 514. The minimum absolute atomic E-state index is 0.0695. The molecule has 5 aliphatic rings. The van der Waals surface area contributed by atoms with Crippen LogP contribution >= 0.6 is 0 Å². The number of carbonyl (C=O) groups excluding carboxylic acids is 1. The van der Waals surface area contributed by atoms with Crippen molar-refractivity contribution in [2.75, 3.05) is 32.7 Å². The molecule has 4 aliphatic heterocycles. The Hall–Kier alpha value is -0.850. The van der Waals surface area contributed by atoms with Gasteiger partial charge in [0.05, 0.1) is 17.7 Å². The van der Waals surface area contributed by atoms with Crippen molar-refractivity contribution in [1.29, 1.82) is 0 Å². The molecule has 5 rings (SSSR count). The number of ether oxygens (including phenoxy) is 2. The van der Waals surface area contributed by atoms with E-state index >= 15 is 0 Å². The highest BCUT2D eigenvalue weighted by atomic mass is 16.6. The van der Waals surface area contributed by atoms with E-state index in [1.165, 1.54) is 38.5 Å². The van der Waals surface area contributed by atoms with Crippen LogP contribution in [0.15, 0.2) is 0 Å². The number of piperidine rings is 1. The number of likely N-dealkylation sites (tertiary alicyclic amines) is 1. The standard InChI is InChI=1S/C19H31N3O3/c23-18-22(16-11-20-12-17(16)24-18)14-4-9-21(10-5-14)13-15-3-8-19(25-15)6-1-2-7-19/h14-17,20H,1-13H2/t15?,16-,17+/m0/s1. The van der Waals surface area contributed by atoms with Gasteiger partial charge in [-0.3, -0.25) is 4.90 Å². The molecule has 0 aromatic carbocycles. The molecule has 0 radical (unpaired) electrons. The van der Waals surface area contributed by atoms with Gasteiger partial charge in [0.15, 0.2) is 0 Å². The third kappa shape index (κ3) is 2.96. The molecule has 1 N–H and O–H groups in total. The summed E-state index contributed by atoms with van der Waals surface area (Å²) >= 11 is 0. The van der Waals surface area contributed by atoms with Crippen molar-refractivity contribution in [1.82, 2.24) is 15.1 Å². The van der Waals surface area contributed by atoms with Crippen molar-refractivity contribution in [2.24, 2.45) is 0 Å². The second-order valence-electron chi connectivity index (χ2n) is 8.76. The van der Waals surface area contributed by atoms with Gasteiger partial charge in [-0.15, -0.1) is 0 Å². The Morgan fingerprint density at radius 2 is 1.88 bits per heavy atom. The first-order chi connectivity index (χ1) is 12.2. The van der Waals surface area contributed by atoms with Crippen LogP contribution in [0, 0.1) is 0 Å². The van der Waals surface area contributed by atoms with Gasteiger partial charge in [0.25, 0.3) is 0 Å². The number of carbonyl (C=O) groups is 1. The number of hydrogen-bond acceptors (Lipinski definition) is 5. The number of nitrogens with zero attached hydrogens (tertiary/aromatic N) is 2. The summed E-state index contributed by atoms with van der Waals surface area (Å²) in [5, 5.41) is 3.35. The van der Waals surface area contributed by atoms with Crippen LogP contribution in [0.2, 0.25) is 0 Å². The molecule has 1 aliphatic carbocycles. The molecule has 140 valence electrons. The van der Waals surface area contributed by atoms with Gasteiger partial charge in [0.2, 0.25) is 0 Å². The Morgan fingerprint density at radius 3 is 2.68 bits per heavy atom. The average Bonchev–Trinajstić information content (AvgIpc) is 3.36. The predicted octanol–water partition coefficient (Wildman–Crippen LogP) is 1.74. The topological polar surface area (TPSA) is 54.0 Å². The first-order valence-electron chi connectivity index (χ1n) is 10.3. The molecule has 1 amide bonds. The first kappa shape index (κ1) is 16.3. The lowest BCUT2D eigenvalue weighted by Gasteiger charge is -2.38. The molecular formula is C19H31N3O3. The van der Waals surface area contributed by atoms with Crippen LogP contribution in [0.25, 0.3) is 0 Å². The molecule has 4 heterocycles. The number of hydrogen-bond donors (Lipinski definition) is 1. The second-order valence-corrected chi connectivity index (χ2v) is 8.76. The third-order valence-electron chi connectivity index (χ3n) is 7.21. The smallest absolute Gasteiger partial charge is 0.410 e. The van der Waals surface area contributed by atoms with Crippen LogP contribution in [0.5, 0.6) is 0 Å². The summed E-state index contributed by atoms with van der Waals surface area (Å²) < 4.78 is 12.0. The number of nitrogens with one attached hydrogen (secondary N) is 1. The van der Waals surface area contributed by atoms with Gasteiger partial charge in [-0.1, -0.05) is 12.8 Å². The lowest BCUT2D eigenvalue weighted by atomic mass is 9.98. The van der Waals surface area contributed by atoms with Crippen molar-refractivity contribution in [2.45, 2.75) is 81.3 Å². The van der Waals surface area contributed by atoms with Crippen molar-refractivity contribution in [3.63, 3.8) is 0 Å². The summed E-state index contributed by atoms with van der Waals surface area (Å²) in [6.45, 7) is 4.92. The largest absolute Gasteiger partial charge is 0.442 e. The van der Waals surface area contributed by atoms with E-state index in [4.69, 9.17) is 9.47 Å². The Balaban J connectivity index is 1.13. The van der Waals surface area contributed by atoms with E-state index in [2.05, 4.69) is 10.2 Å². The molecule has 6 heteroatoms. The van der Waals surface area contributed by atoms with Gasteiger partial charge in [-0.2, -0.15) is 0 Å². The highest BCUT2D eigenvalue weighted by Crippen LogP contribution is 2.43. The van der Waals surface area contributed by atoms with Crippen LogP contribution in [-0.4, -0.2) is 78.5 Å². The maximum atomic E-state index is 12.2. The molecule has 6 nitrogen and oxygen atoms in total. The first-order valence-corrected chi connectivity index (χ1v) is 10.3. The molecule has 4 saturated heterocycles. The average molecular weight is 349 g/mol. The number of amides is 1. The number of rotatable bonds is 3. The molecule has 0 aromatic heterocycles. The molecule has 1 spiro atoms. The molecular weight excluding hydrogens is 318 g/mol. The van der Waals surface area contributed by atoms with Gasteiger partial charge >= 0.3 is 6.09 Å². The van der Waals surface area contributed by atoms with Crippen LogP contribution in [0.1, 0.15) is 51.4 Å². The fourth-order valence-corrected chi connectivity index (χ4v) is 5.86. The molecule has 0 bridgehead atoms. The summed E-state index contributed by atoms with van der Waals surface area (Å²) in [5.41, 5.74) is 0.243. The van der Waals surface area contributed by atoms with E-state index in [1.807, 2.05) is 4.90 Å². The van der Waals surface area contributed by atoms with Crippen LogP contribution in [0.3, 0.4) is 0 Å². The molecule has 5 fully saturated rings. The van der Waals surface area contributed by atoms with Crippen LogP contribution in [-0.2, 0) is 9.47 Å². The van der Waals surface area contributed by atoms with E-state index < -0.39 is 0 Å².